The summed E-state index contributed by atoms with van der Waals surface area (Å²) in [6.07, 6.45) is 18.5. The number of para-hydroxylation sites is 1. The number of ether oxygens (including phenoxy) is 1. The van der Waals surface area contributed by atoms with Crippen molar-refractivity contribution in [3.63, 3.8) is 0 Å². The van der Waals surface area contributed by atoms with Crippen LogP contribution in [0, 0.1) is 0 Å². The summed E-state index contributed by atoms with van der Waals surface area (Å²) in [5.41, 5.74) is 2.99. The fourth-order valence-corrected chi connectivity index (χ4v) is 5.29. The minimum atomic E-state index is -0.631. The lowest BCUT2D eigenvalue weighted by Gasteiger charge is -2.18. The van der Waals surface area contributed by atoms with Crippen molar-refractivity contribution in [3.8, 4) is 5.75 Å². The maximum atomic E-state index is 13.1. The maximum Gasteiger partial charge on any atom is 0.265 e. The Morgan fingerprint density at radius 2 is 1.23 bits per heavy atom. The average molecular weight is 585 g/mol. The summed E-state index contributed by atoms with van der Waals surface area (Å²) >= 11 is 0. The molecule has 0 aliphatic carbocycles. The monoisotopic (exact) mass is 584 g/mol. The zero-order chi connectivity index (χ0) is 30.5. The van der Waals surface area contributed by atoms with E-state index in [0.717, 1.165) is 12.1 Å². The summed E-state index contributed by atoms with van der Waals surface area (Å²) in [6, 6.07) is 24.4. The molecule has 0 spiro atoms. The van der Waals surface area contributed by atoms with Gasteiger partial charge in [-0.15, -0.1) is 0 Å². The van der Waals surface area contributed by atoms with Crippen molar-refractivity contribution in [3.05, 3.63) is 90.0 Å². The maximum absolute atomic E-state index is 13.1. The van der Waals surface area contributed by atoms with Crippen LogP contribution in [-0.4, -0.2) is 17.9 Å². The number of unbranched alkanes of at least 4 members (excludes halogenated alkanes) is 12. The number of amides is 2. The first kappa shape index (κ1) is 33.9. The van der Waals surface area contributed by atoms with Gasteiger partial charge in [0.25, 0.3) is 11.8 Å². The topological polar surface area (TPSA) is 67.4 Å². The highest BCUT2D eigenvalue weighted by atomic mass is 16.5. The molecule has 5 nitrogen and oxygen atoms in total. The second kappa shape index (κ2) is 20.3. The Bertz CT molecular complexity index is 1210. The van der Waals surface area contributed by atoms with Gasteiger partial charge in [-0.3, -0.25) is 9.59 Å². The molecule has 43 heavy (non-hydrogen) atoms. The number of carbonyl (C=O) groups excluding carboxylic acids is 2. The highest BCUT2D eigenvalue weighted by Gasteiger charge is 2.19. The van der Waals surface area contributed by atoms with Crippen molar-refractivity contribution in [2.45, 2.75) is 116 Å². The number of benzene rings is 3. The molecule has 2 N–H and O–H groups in total. The molecule has 3 rings (SSSR count). The van der Waals surface area contributed by atoms with Crippen LogP contribution in [0.3, 0.4) is 0 Å². The zero-order valence-corrected chi connectivity index (χ0v) is 26.4. The molecule has 0 fully saturated rings. The molecule has 0 aliphatic rings. The molecule has 0 saturated carbocycles. The van der Waals surface area contributed by atoms with Crippen LogP contribution >= 0.6 is 0 Å². The van der Waals surface area contributed by atoms with E-state index in [1.807, 2.05) is 49.4 Å². The normalized spacial score (nSPS) is 11.6. The molecule has 0 radical (unpaired) electrons. The average Bonchev–Trinajstić information content (AvgIpc) is 3.03. The lowest BCUT2D eigenvalue weighted by Crippen LogP contribution is -2.32. The molecule has 0 saturated heterocycles. The quantitative estimate of drug-likeness (QED) is 0.122. The van der Waals surface area contributed by atoms with Gasteiger partial charge in [0.2, 0.25) is 0 Å². The first-order valence-electron chi connectivity index (χ1n) is 16.6. The SMILES string of the molecule is CCCCCCCCCCCCCCCc1cccc(OC(CC)C(=O)Nc2cccc(C(=O)Nc3ccccc3)c2)c1. The van der Waals surface area contributed by atoms with Crippen LogP contribution in [0.5, 0.6) is 5.75 Å². The number of carbonyl (C=O) groups is 2. The summed E-state index contributed by atoms with van der Waals surface area (Å²) < 4.78 is 6.12. The van der Waals surface area contributed by atoms with Gasteiger partial charge in [-0.25, -0.2) is 0 Å². The minimum absolute atomic E-state index is 0.231. The molecule has 3 aromatic carbocycles. The smallest absolute Gasteiger partial charge is 0.265 e. The van der Waals surface area contributed by atoms with E-state index in [-0.39, 0.29) is 11.8 Å². The Labute approximate surface area is 259 Å². The van der Waals surface area contributed by atoms with Crippen LogP contribution in [0.1, 0.15) is 120 Å². The third-order valence-corrected chi connectivity index (χ3v) is 7.83. The van der Waals surface area contributed by atoms with Crippen molar-refractivity contribution >= 4 is 23.2 Å². The van der Waals surface area contributed by atoms with Gasteiger partial charge < -0.3 is 15.4 Å². The standard InChI is InChI=1S/C38H52N2O3/c1-3-5-6-7-8-9-10-11-12-13-14-15-17-22-31-23-20-28-35(29-31)43-36(4-2)38(42)40-34-27-21-24-32(30-34)37(41)39-33-25-18-16-19-26-33/h16,18-21,23-30,36H,3-15,17,22H2,1-2H3,(H,39,41)(H,40,42). The van der Waals surface area contributed by atoms with E-state index in [2.05, 4.69) is 29.7 Å². The number of anilines is 2. The molecular formula is C38H52N2O3. The number of hydrogen-bond acceptors (Lipinski definition) is 3. The van der Waals surface area contributed by atoms with Crippen molar-refractivity contribution in [2.75, 3.05) is 10.6 Å². The summed E-state index contributed by atoms with van der Waals surface area (Å²) in [5, 5.41) is 5.80. The third kappa shape index (κ3) is 13.5. The summed E-state index contributed by atoms with van der Waals surface area (Å²) in [5.74, 6) is 0.251. The predicted molar refractivity (Wildman–Crippen MR) is 180 cm³/mol. The van der Waals surface area contributed by atoms with Crippen LogP contribution in [-0.2, 0) is 11.2 Å². The molecular weight excluding hydrogens is 532 g/mol. The van der Waals surface area contributed by atoms with Gasteiger partial charge in [-0.05, 0) is 67.3 Å². The molecule has 5 heteroatoms. The molecule has 0 aromatic heterocycles. The highest BCUT2D eigenvalue weighted by molar-refractivity contribution is 6.05. The third-order valence-electron chi connectivity index (χ3n) is 7.83. The molecule has 0 bridgehead atoms. The molecule has 0 aliphatic heterocycles. The van der Waals surface area contributed by atoms with Crippen molar-refractivity contribution < 1.29 is 14.3 Å². The number of aryl methyl sites for hydroxylation is 1. The van der Waals surface area contributed by atoms with E-state index >= 15 is 0 Å². The van der Waals surface area contributed by atoms with Gasteiger partial charge in [0.05, 0.1) is 0 Å². The Morgan fingerprint density at radius 1 is 0.628 bits per heavy atom. The molecule has 0 heterocycles. The van der Waals surface area contributed by atoms with E-state index < -0.39 is 6.10 Å². The first-order valence-corrected chi connectivity index (χ1v) is 16.6. The van der Waals surface area contributed by atoms with Crippen molar-refractivity contribution in [1.82, 2.24) is 0 Å². The van der Waals surface area contributed by atoms with Gasteiger partial charge in [-0.2, -0.15) is 0 Å². The number of hydrogen-bond donors (Lipinski definition) is 2. The van der Waals surface area contributed by atoms with Crippen LogP contribution < -0.4 is 15.4 Å². The summed E-state index contributed by atoms with van der Waals surface area (Å²) in [4.78, 5) is 25.8. The van der Waals surface area contributed by atoms with E-state index in [1.165, 1.54) is 89.0 Å². The molecule has 232 valence electrons. The molecule has 2 amide bonds. The second-order valence-electron chi connectivity index (χ2n) is 11.5. The second-order valence-corrected chi connectivity index (χ2v) is 11.5. The molecule has 3 aromatic rings. The number of rotatable bonds is 21. The van der Waals surface area contributed by atoms with Crippen molar-refractivity contribution in [1.29, 1.82) is 0 Å². The Morgan fingerprint density at radius 3 is 1.88 bits per heavy atom. The number of nitrogens with one attached hydrogen (secondary N) is 2. The molecule has 1 unspecified atom stereocenters. The lowest BCUT2D eigenvalue weighted by atomic mass is 10.0. The summed E-state index contributed by atoms with van der Waals surface area (Å²) in [6.45, 7) is 4.21. The Hall–Kier alpha value is -3.60. The lowest BCUT2D eigenvalue weighted by molar-refractivity contribution is -0.122. The summed E-state index contributed by atoms with van der Waals surface area (Å²) in [7, 11) is 0. The van der Waals surface area contributed by atoms with Gasteiger partial charge >= 0.3 is 0 Å². The fourth-order valence-electron chi connectivity index (χ4n) is 5.29. The Balaban J connectivity index is 1.37. The van der Waals surface area contributed by atoms with E-state index in [9.17, 15) is 9.59 Å². The largest absolute Gasteiger partial charge is 0.481 e. The van der Waals surface area contributed by atoms with Crippen LogP contribution in [0.25, 0.3) is 0 Å². The van der Waals surface area contributed by atoms with Crippen LogP contribution in [0.15, 0.2) is 78.9 Å². The Kier molecular flexibility index (Phi) is 16.0. The van der Waals surface area contributed by atoms with Gasteiger partial charge in [-0.1, -0.05) is 127 Å². The van der Waals surface area contributed by atoms with Gasteiger partial charge in [0.15, 0.2) is 6.10 Å². The van der Waals surface area contributed by atoms with E-state index in [1.54, 1.807) is 24.3 Å². The fraction of sp³-hybridized carbons (Fsp3) is 0.474. The predicted octanol–water partition coefficient (Wildman–Crippen LogP) is 10.4. The first-order chi connectivity index (χ1) is 21.1. The van der Waals surface area contributed by atoms with Crippen LogP contribution in [0.4, 0.5) is 11.4 Å². The van der Waals surface area contributed by atoms with E-state index in [0.29, 0.717) is 23.4 Å². The van der Waals surface area contributed by atoms with Gasteiger partial charge in [0.1, 0.15) is 5.75 Å². The highest BCUT2D eigenvalue weighted by Crippen LogP contribution is 2.20. The van der Waals surface area contributed by atoms with Crippen molar-refractivity contribution in [2.24, 2.45) is 0 Å². The zero-order valence-electron chi connectivity index (χ0n) is 26.4. The minimum Gasteiger partial charge on any atom is -0.481 e. The van der Waals surface area contributed by atoms with Crippen LogP contribution in [0.2, 0.25) is 0 Å². The van der Waals surface area contributed by atoms with Gasteiger partial charge in [0, 0.05) is 16.9 Å². The van der Waals surface area contributed by atoms with E-state index in [4.69, 9.17) is 4.74 Å². The molecule has 1 atom stereocenters.